The van der Waals surface area contributed by atoms with Crippen molar-refractivity contribution in [2.75, 3.05) is 7.11 Å². The van der Waals surface area contributed by atoms with Gasteiger partial charge >= 0.3 is 6.18 Å². The highest BCUT2D eigenvalue weighted by Gasteiger charge is 2.54. The minimum atomic E-state index is -5.02. The Morgan fingerprint density at radius 1 is 1.10 bits per heavy atom. The van der Waals surface area contributed by atoms with Crippen molar-refractivity contribution in [3.8, 4) is 5.75 Å². The van der Waals surface area contributed by atoms with Crippen molar-refractivity contribution in [2.45, 2.75) is 37.5 Å². The first-order chi connectivity index (χ1) is 13.4. The summed E-state index contributed by atoms with van der Waals surface area (Å²) in [7, 11) is 1.31. The number of halogens is 5. The lowest BCUT2D eigenvalue weighted by molar-refractivity contribution is -0.261. The molecule has 0 aliphatic rings. The molecule has 2 aromatic carbocycles. The molecule has 0 bridgehead atoms. The van der Waals surface area contributed by atoms with Crippen LogP contribution >= 0.6 is 0 Å². The maximum atomic E-state index is 13.7. The fraction of sp³-hybridized carbons (Fsp3) is 0.350. The van der Waals surface area contributed by atoms with Crippen molar-refractivity contribution in [1.82, 2.24) is 0 Å². The molecule has 0 radical (unpaired) electrons. The first-order valence-electron chi connectivity index (χ1n) is 8.66. The number of nitrogens with zero attached hydrogens (tertiary/aromatic N) is 1. The smallest absolute Gasteiger partial charge is 0.417 e. The Bertz CT molecular complexity index is 868. The molecule has 2 aromatic rings. The lowest BCUT2D eigenvalue weighted by Crippen LogP contribution is -2.48. The minimum Gasteiger partial charge on any atom is -0.496 e. The highest BCUT2D eigenvalue weighted by atomic mass is 19.4. The van der Waals surface area contributed by atoms with Gasteiger partial charge in [-0.25, -0.2) is 13.8 Å². The van der Waals surface area contributed by atoms with E-state index < -0.39 is 48.0 Å². The van der Waals surface area contributed by atoms with Crippen LogP contribution in [0.15, 0.2) is 47.5 Å². The van der Waals surface area contributed by atoms with Gasteiger partial charge in [0.15, 0.2) is 5.60 Å². The zero-order valence-corrected chi connectivity index (χ0v) is 15.8. The molecule has 0 aromatic heterocycles. The number of amidine groups is 1. The first-order valence-corrected chi connectivity index (χ1v) is 8.66. The van der Waals surface area contributed by atoms with Crippen LogP contribution in [0, 0.1) is 11.6 Å². The number of hydrogen-bond acceptors (Lipinski definition) is 3. The zero-order valence-electron chi connectivity index (χ0n) is 15.8. The summed E-state index contributed by atoms with van der Waals surface area (Å²) in [5.41, 5.74) is 2.75. The van der Waals surface area contributed by atoms with Crippen LogP contribution in [-0.2, 0) is 0 Å². The van der Waals surface area contributed by atoms with Crippen LogP contribution in [0.4, 0.5) is 27.6 Å². The average Bonchev–Trinajstić information content (AvgIpc) is 2.62. The summed E-state index contributed by atoms with van der Waals surface area (Å²) in [6.45, 7) is 1.42. The Hall–Kier alpha value is -2.68. The first kappa shape index (κ1) is 22.6. The van der Waals surface area contributed by atoms with Gasteiger partial charge in [-0.05, 0) is 60.4 Å². The molecule has 0 saturated heterocycles. The van der Waals surface area contributed by atoms with Crippen molar-refractivity contribution >= 4 is 11.5 Å². The van der Waals surface area contributed by atoms with Gasteiger partial charge in [-0.3, -0.25) is 0 Å². The Kier molecular flexibility index (Phi) is 6.84. The van der Waals surface area contributed by atoms with Crippen LogP contribution in [0.5, 0.6) is 5.75 Å². The molecule has 2 unspecified atom stereocenters. The largest absolute Gasteiger partial charge is 0.496 e. The van der Waals surface area contributed by atoms with E-state index in [1.807, 2.05) is 0 Å². The fourth-order valence-electron chi connectivity index (χ4n) is 3.02. The Balaban J connectivity index is 2.30. The number of alkyl halides is 3. The van der Waals surface area contributed by atoms with E-state index in [1.54, 1.807) is 0 Å². The van der Waals surface area contributed by atoms with Crippen LogP contribution in [-0.4, -0.2) is 29.8 Å². The number of rotatable bonds is 7. The summed E-state index contributed by atoms with van der Waals surface area (Å²) in [6.07, 6.45) is -6.82. The summed E-state index contributed by atoms with van der Waals surface area (Å²) >= 11 is 0. The SMILES string of the molecule is COc1ccc(F)cc1C(C)CC(O)(CC(N)=Nc1ccc(F)cc1)C(F)(F)F. The maximum absolute atomic E-state index is 13.7. The number of nitrogens with two attached hydrogens (primary N) is 1. The van der Waals surface area contributed by atoms with Crippen molar-refractivity contribution in [3.63, 3.8) is 0 Å². The number of aliphatic hydroxyl groups is 1. The second-order valence-corrected chi connectivity index (χ2v) is 6.78. The molecule has 9 heteroatoms. The Morgan fingerprint density at radius 3 is 2.24 bits per heavy atom. The average molecular weight is 416 g/mol. The monoisotopic (exact) mass is 416 g/mol. The summed E-state index contributed by atoms with van der Waals surface area (Å²) in [4.78, 5) is 3.81. The van der Waals surface area contributed by atoms with Gasteiger partial charge in [0.25, 0.3) is 0 Å². The molecule has 29 heavy (non-hydrogen) atoms. The summed E-state index contributed by atoms with van der Waals surface area (Å²) in [6, 6.07) is 8.15. The van der Waals surface area contributed by atoms with E-state index in [4.69, 9.17) is 10.5 Å². The molecule has 0 aliphatic heterocycles. The topological polar surface area (TPSA) is 67.8 Å². The minimum absolute atomic E-state index is 0.147. The van der Waals surface area contributed by atoms with Gasteiger partial charge in [-0.1, -0.05) is 6.92 Å². The summed E-state index contributed by atoms with van der Waals surface area (Å²) in [5, 5.41) is 10.4. The zero-order chi connectivity index (χ0) is 21.8. The molecule has 158 valence electrons. The molecule has 2 atom stereocenters. The number of benzene rings is 2. The van der Waals surface area contributed by atoms with E-state index in [0.717, 1.165) is 24.3 Å². The van der Waals surface area contributed by atoms with Gasteiger partial charge in [0.2, 0.25) is 0 Å². The van der Waals surface area contributed by atoms with Gasteiger partial charge in [0.1, 0.15) is 23.2 Å². The molecule has 0 aliphatic carbocycles. The van der Waals surface area contributed by atoms with Crippen LogP contribution in [0.25, 0.3) is 0 Å². The molecule has 4 nitrogen and oxygen atoms in total. The molecule has 3 N–H and O–H groups in total. The number of hydrogen-bond donors (Lipinski definition) is 2. The molecule has 0 heterocycles. The third-order valence-electron chi connectivity index (χ3n) is 4.47. The number of methoxy groups -OCH3 is 1. The third-order valence-corrected chi connectivity index (χ3v) is 4.47. The van der Waals surface area contributed by atoms with Crippen molar-refractivity contribution in [1.29, 1.82) is 0 Å². The molecule has 0 saturated carbocycles. The third kappa shape index (κ3) is 5.66. The van der Waals surface area contributed by atoms with Gasteiger partial charge in [-0.15, -0.1) is 0 Å². The molecular formula is C20H21F5N2O2. The molecule has 0 fully saturated rings. The second-order valence-electron chi connectivity index (χ2n) is 6.78. The van der Waals surface area contributed by atoms with Crippen molar-refractivity contribution in [3.05, 3.63) is 59.7 Å². The lowest BCUT2D eigenvalue weighted by atomic mass is 9.83. The standard InChI is InChI=1S/C20H21F5N2O2/c1-12(16-9-14(22)5-8-17(16)29-2)10-19(28,20(23,24)25)11-18(26)27-15-6-3-13(21)4-7-15/h3-9,12,28H,10-11H2,1-2H3,(H2,26,27). The highest BCUT2D eigenvalue weighted by molar-refractivity contribution is 5.84. The van der Waals surface area contributed by atoms with Gasteiger partial charge < -0.3 is 15.6 Å². The Morgan fingerprint density at radius 2 is 1.69 bits per heavy atom. The number of ether oxygens (including phenoxy) is 1. The van der Waals surface area contributed by atoms with Gasteiger partial charge in [0.05, 0.1) is 12.8 Å². The molecule has 0 amide bonds. The molecule has 0 spiro atoms. The molecular weight excluding hydrogens is 395 g/mol. The van der Waals surface area contributed by atoms with E-state index in [-0.39, 0.29) is 17.0 Å². The quantitative estimate of drug-likeness (QED) is 0.386. The van der Waals surface area contributed by atoms with Crippen LogP contribution < -0.4 is 10.5 Å². The maximum Gasteiger partial charge on any atom is 0.417 e. The predicted octanol–water partition coefficient (Wildman–Crippen LogP) is 4.84. The van der Waals surface area contributed by atoms with E-state index in [0.29, 0.717) is 0 Å². The normalized spacial score (nSPS) is 15.7. The lowest BCUT2D eigenvalue weighted by Gasteiger charge is -2.33. The van der Waals surface area contributed by atoms with Crippen molar-refractivity contribution < 1.29 is 31.8 Å². The predicted molar refractivity (Wildman–Crippen MR) is 99.3 cm³/mol. The Labute approximate surface area is 164 Å². The molecule has 2 rings (SSSR count). The van der Waals surface area contributed by atoms with E-state index in [9.17, 15) is 27.1 Å². The van der Waals surface area contributed by atoms with Crippen LogP contribution in [0.1, 0.15) is 31.2 Å². The highest BCUT2D eigenvalue weighted by Crippen LogP contribution is 2.42. The van der Waals surface area contributed by atoms with Gasteiger partial charge in [-0.2, -0.15) is 13.2 Å². The second kappa shape index (κ2) is 8.77. The van der Waals surface area contributed by atoms with E-state index in [2.05, 4.69) is 4.99 Å². The fourth-order valence-corrected chi connectivity index (χ4v) is 3.02. The summed E-state index contributed by atoms with van der Waals surface area (Å²) in [5.74, 6) is -2.36. The van der Waals surface area contributed by atoms with Crippen LogP contribution in [0.2, 0.25) is 0 Å². The van der Waals surface area contributed by atoms with Gasteiger partial charge in [0, 0.05) is 6.42 Å². The van der Waals surface area contributed by atoms with E-state index in [1.165, 1.54) is 32.2 Å². The number of aliphatic imine (C=N–C) groups is 1. The van der Waals surface area contributed by atoms with Crippen molar-refractivity contribution in [2.24, 2.45) is 10.7 Å². The van der Waals surface area contributed by atoms with Crippen LogP contribution in [0.3, 0.4) is 0 Å². The summed E-state index contributed by atoms with van der Waals surface area (Å²) < 4.78 is 72.6. The van der Waals surface area contributed by atoms with E-state index >= 15 is 0 Å².